The Balaban J connectivity index is 1.78. The number of rotatable bonds is 5. The number of nitrogens with zero attached hydrogens (tertiary/aromatic N) is 4. The normalized spacial score (nSPS) is 12.8. The van der Waals surface area contributed by atoms with Crippen molar-refractivity contribution < 1.29 is 13.2 Å². The Morgan fingerprint density at radius 3 is 2.48 bits per heavy atom. The number of fused-ring (bicyclic) bond motifs is 1. The first-order valence-corrected chi connectivity index (χ1v) is 10.7. The third-order valence-corrected chi connectivity index (χ3v) is 5.30. The van der Waals surface area contributed by atoms with Gasteiger partial charge in [-0.05, 0) is 24.6 Å². The van der Waals surface area contributed by atoms with Crippen molar-refractivity contribution in [1.82, 2.24) is 29.9 Å². The summed E-state index contributed by atoms with van der Waals surface area (Å²) >= 11 is 0. The fourth-order valence-corrected chi connectivity index (χ4v) is 3.84. The van der Waals surface area contributed by atoms with Crippen LogP contribution in [-0.4, -0.2) is 45.1 Å². The van der Waals surface area contributed by atoms with Crippen LogP contribution in [-0.2, 0) is 9.84 Å². The molecule has 3 heterocycles. The Morgan fingerprint density at radius 1 is 1.10 bits per heavy atom. The number of aromatic nitrogens is 5. The van der Waals surface area contributed by atoms with Crippen LogP contribution in [0, 0.1) is 6.92 Å². The Hall–Kier alpha value is -3.53. The van der Waals surface area contributed by atoms with E-state index in [1.165, 1.54) is 4.40 Å². The van der Waals surface area contributed by atoms with Gasteiger partial charge in [-0.3, -0.25) is 14.3 Å². The zero-order valence-electron chi connectivity index (χ0n) is 15.7. The predicted molar refractivity (Wildman–Crippen MR) is 105 cm³/mol. The van der Waals surface area contributed by atoms with Crippen LogP contribution >= 0.6 is 0 Å². The van der Waals surface area contributed by atoms with Crippen molar-refractivity contribution in [2.45, 2.75) is 18.1 Å². The molecule has 1 atom stereocenters. The third kappa shape index (κ3) is 3.61. The predicted octanol–water partition coefficient (Wildman–Crippen LogP) is 1.68. The number of carbonyl (C=O) groups excluding carboxylic acids is 1. The smallest absolute Gasteiger partial charge is 0.273 e. The Morgan fingerprint density at radius 2 is 1.83 bits per heavy atom. The molecule has 1 amide bonds. The van der Waals surface area contributed by atoms with Gasteiger partial charge in [0.2, 0.25) is 15.0 Å². The van der Waals surface area contributed by atoms with Crippen molar-refractivity contribution >= 4 is 21.3 Å². The highest BCUT2D eigenvalue weighted by Gasteiger charge is 2.26. The molecule has 1 aromatic carbocycles. The fourth-order valence-electron chi connectivity index (χ4n) is 3.07. The number of H-pyrrole nitrogens is 1. The molecule has 0 spiro atoms. The second kappa shape index (κ2) is 7.13. The lowest BCUT2D eigenvalue weighted by atomic mass is 10.1. The highest BCUT2D eigenvalue weighted by Crippen LogP contribution is 2.22. The van der Waals surface area contributed by atoms with E-state index in [1.54, 1.807) is 31.3 Å². The number of carbonyl (C=O) groups is 1. The van der Waals surface area contributed by atoms with E-state index >= 15 is 0 Å². The molecule has 29 heavy (non-hydrogen) atoms. The minimum Gasteiger partial charge on any atom is -0.336 e. The second-order valence-corrected chi connectivity index (χ2v) is 8.48. The SMILES string of the molecule is Cc1nc(C(NC(=O)c2nc(S(C)(=O)=O)n3ccccc23)c2ccccc2)n[nH]1. The van der Waals surface area contributed by atoms with Gasteiger partial charge in [0, 0.05) is 12.5 Å². The van der Waals surface area contributed by atoms with E-state index < -0.39 is 21.8 Å². The average molecular weight is 410 g/mol. The standard InChI is InChI=1S/C19H18N6O3S/c1-12-20-17(24-23-12)15(13-8-4-3-5-9-13)21-18(26)16-14-10-6-7-11-25(14)19(22-16)29(2,27)28/h3-11,15H,1-2H3,(H,21,26)(H,20,23,24). The summed E-state index contributed by atoms with van der Waals surface area (Å²) in [6.45, 7) is 1.77. The molecule has 9 nitrogen and oxygen atoms in total. The number of imidazole rings is 1. The van der Waals surface area contributed by atoms with Gasteiger partial charge in [0.1, 0.15) is 11.9 Å². The summed E-state index contributed by atoms with van der Waals surface area (Å²) in [5.74, 6) is 0.482. The van der Waals surface area contributed by atoms with Crippen LogP contribution in [0.3, 0.4) is 0 Å². The summed E-state index contributed by atoms with van der Waals surface area (Å²) in [6.07, 6.45) is 2.61. The molecule has 0 saturated carbocycles. The van der Waals surface area contributed by atoms with Gasteiger partial charge in [-0.25, -0.2) is 18.4 Å². The van der Waals surface area contributed by atoms with Crippen LogP contribution in [0.1, 0.15) is 33.7 Å². The topological polar surface area (TPSA) is 122 Å². The van der Waals surface area contributed by atoms with E-state index in [0.29, 0.717) is 17.2 Å². The Kier molecular flexibility index (Phi) is 4.63. The first-order chi connectivity index (χ1) is 13.8. The monoisotopic (exact) mass is 410 g/mol. The fraction of sp³-hybridized carbons (Fsp3) is 0.158. The number of nitrogens with one attached hydrogen (secondary N) is 2. The van der Waals surface area contributed by atoms with Gasteiger partial charge in [0.05, 0.1) is 5.52 Å². The van der Waals surface area contributed by atoms with E-state index in [1.807, 2.05) is 30.3 Å². The van der Waals surface area contributed by atoms with Crippen LogP contribution in [0.25, 0.3) is 5.52 Å². The zero-order valence-corrected chi connectivity index (χ0v) is 16.5. The van der Waals surface area contributed by atoms with Crippen molar-refractivity contribution in [2.24, 2.45) is 0 Å². The summed E-state index contributed by atoms with van der Waals surface area (Å²) < 4.78 is 25.6. The van der Waals surface area contributed by atoms with Gasteiger partial charge < -0.3 is 5.32 Å². The van der Waals surface area contributed by atoms with E-state index in [2.05, 4.69) is 25.5 Å². The maximum Gasteiger partial charge on any atom is 0.273 e. The molecule has 1 unspecified atom stereocenters. The van der Waals surface area contributed by atoms with Crippen molar-refractivity contribution in [3.8, 4) is 0 Å². The van der Waals surface area contributed by atoms with E-state index in [4.69, 9.17) is 0 Å². The van der Waals surface area contributed by atoms with Gasteiger partial charge >= 0.3 is 0 Å². The van der Waals surface area contributed by atoms with E-state index in [0.717, 1.165) is 11.8 Å². The largest absolute Gasteiger partial charge is 0.336 e. The highest BCUT2D eigenvalue weighted by atomic mass is 32.2. The molecule has 0 aliphatic carbocycles. The molecule has 10 heteroatoms. The lowest BCUT2D eigenvalue weighted by molar-refractivity contribution is 0.0938. The molecule has 0 fully saturated rings. The van der Waals surface area contributed by atoms with Gasteiger partial charge in [-0.1, -0.05) is 36.4 Å². The van der Waals surface area contributed by atoms with E-state index in [9.17, 15) is 13.2 Å². The Bertz CT molecular complexity index is 1290. The molecule has 3 aromatic heterocycles. The number of benzene rings is 1. The van der Waals surface area contributed by atoms with Crippen molar-refractivity contribution in [1.29, 1.82) is 0 Å². The number of amides is 1. The van der Waals surface area contributed by atoms with Crippen molar-refractivity contribution in [2.75, 3.05) is 6.26 Å². The maximum absolute atomic E-state index is 13.1. The first-order valence-electron chi connectivity index (χ1n) is 8.76. The highest BCUT2D eigenvalue weighted by molar-refractivity contribution is 7.90. The average Bonchev–Trinajstić information content (AvgIpc) is 3.30. The number of sulfone groups is 1. The van der Waals surface area contributed by atoms with Crippen LogP contribution < -0.4 is 5.32 Å². The van der Waals surface area contributed by atoms with Gasteiger partial charge in [0.15, 0.2) is 11.5 Å². The third-order valence-electron chi connectivity index (χ3n) is 4.34. The lowest BCUT2D eigenvalue weighted by Gasteiger charge is -2.15. The van der Waals surface area contributed by atoms with Crippen molar-refractivity contribution in [3.05, 3.63) is 77.6 Å². The van der Waals surface area contributed by atoms with Gasteiger partial charge in [-0.2, -0.15) is 5.10 Å². The van der Waals surface area contributed by atoms with E-state index in [-0.39, 0.29) is 10.9 Å². The second-order valence-electron chi connectivity index (χ2n) is 6.57. The molecule has 0 saturated heterocycles. The summed E-state index contributed by atoms with van der Waals surface area (Å²) in [4.78, 5) is 21.6. The molecule has 0 aliphatic rings. The molecular formula is C19H18N6O3S. The first kappa shape index (κ1) is 18.8. The van der Waals surface area contributed by atoms with Crippen LogP contribution in [0.5, 0.6) is 0 Å². The molecule has 4 rings (SSSR count). The van der Waals surface area contributed by atoms with Crippen molar-refractivity contribution in [3.63, 3.8) is 0 Å². The lowest BCUT2D eigenvalue weighted by Crippen LogP contribution is -2.30. The summed E-state index contributed by atoms with van der Waals surface area (Å²) in [7, 11) is -3.63. The number of hydrogen-bond donors (Lipinski definition) is 2. The molecule has 4 aromatic rings. The summed E-state index contributed by atoms with van der Waals surface area (Å²) in [5.41, 5.74) is 1.19. The van der Waals surface area contributed by atoms with Crippen LogP contribution in [0.2, 0.25) is 0 Å². The maximum atomic E-state index is 13.1. The summed E-state index contributed by atoms with van der Waals surface area (Å²) in [5, 5.41) is 9.64. The summed E-state index contributed by atoms with van der Waals surface area (Å²) in [6, 6.07) is 13.7. The molecule has 0 bridgehead atoms. The number of pyridine rings is 1. The minimum absolute atomic E-state index is 0.0132. The van der Waals surface area contributed by atoms with Crippen LogP contribution in [0.4, 0.5) is 0 Å². The zero-order chi connectivity index (χ0) is 20.6. The molecule has 2 N–H and O–H groups in total. The number of aromatic amines is 1. The van der Waals surface area contributed by atoms with Crippen LogP contribution in [0.15, 0.2) is 59.9 Å². The number of hydrogen-bond acceptors (Lipinski definition) is 6. The minimum atomic E-state index is -3.63. The van der Waals surface area contributed by atoms with Gasteiger partial charge in [0.25, 0.3) is 5.91 Å². The number of aryl methyl sites for hydroxylation is 1. The Labute approximate surface area is 166 Å². The molecule has 0 aliphatic heterocycles. The molecular weight excluding hydrogens is 392 g/mol. The molecule has 0 radical (unpaired) electrons. The molecule has 148 valence electrons. The quantitative estimate of drug-likeness (QED) is 0.516. The van der Waals surface area contributed by atoms with Gasteiger partial charge in [-0.15, -0.1) is 0 Å².